The highest BCUT2D eigenvalue weighted by Crippen LogP contribution is 2.35. The van der Waals surface area contributed by atoms with Gasteiger partial charge in [0.2, 0.25) is 0 Å². The Hall–Kier alpha value is -2.01. The number of nitrogens with two attached hydrogens (primary N) is 1. The number of aryl methyl sites for hydroxylation is 1. The molecular formula is C18H22N2O2S. The van der Waals surface area contributed by atoms with Crippen molar-refractivity contribution in [1.82, 2.24) is 0 Å². The molecule has 3 N–H and O–H groups in total. The van der Waals surface area contributed by atoms with Crippen LogP contribution in [0.15, 0.2) is 47.4 Å². The van der Waals surface area contributed by atoms with E-state index in [0.717, 1.165) is 24.9 Å². The quantitative estimate of drug-likeness (QED) is 0.841. The van der Waals surface area contributed by atoms with Crippen molar-refractivity contribution in [2.75, 3.05) is 16.8 Å². The predicted octanol–water partition coefficient (Wildman–Crippen LogP) is 3.55. The lowest BCUT2D eigenvalue weighted by Crippen LogP contribution is -2.19. The summed E-state index contributed by atoms with van der Waals surface area (Å²) in [7, 11) is -3.25. The molecule has 23 heavy (non-hydrogen) atoms. The highest BCUT2D eigenvalue weighted by Gasteiger charge is 2.23. The van der Waals surface area contributed by atoms with E-state index in [1.807, 2.05) is 24.3 Å². The van der Waals surface area contributed by atoms with Crippen LogP contribution in [-0.4, -0.2) is 14.2 Å². The van der Waals surface area contributed by atoms with Gasteiger partial charge in [-0.2, -0.15) is 0 Å². The van der Waals surface area contributed by atoms with E-state index in [9.17, 15) is 8.42 Å². The maximum absolute atomic E-state index is 12.3. The lowest BCUT2D eigenvalue weighted by atomic mass is 9.87. The zero-order valence-corrected chi connectivity index (χ0v) is 14.1. The monoisotopic (exact) mass is 330 g/mol. The highest BCUT2D eigenvalue weighted by atomic mass is 32.2. The Kier molecular flexibility index (Phi) is 4.31. The minimum atomic E-state index is -3.25. The number of benzene rings is 2. The molecule has 0 aromatic heterocycles. The van der Waals surface area contributed by atoms with Gasteiger partial charge in [-0.15, -0.1) is 0 Å². The van der Waals surface area contributed by atoms with E-state index in [0.29, 0.717) is 10.6 Å². The van der Waals surface area contributed by atoms with Gasteiger partial charge in [0.25, 0.3) is 0 Å². The van der Waals surface area contributed by atoms with Gasteiger partial charge < -0.3 is 11.1 Å². The van der Waals surface area contributed by atoms with Crippen LogP contribution in [0.25, 0.3) is 0 Å². The first-order valence-corrected chi connectivity index (χ1v) is 9.63. The zero-order valence-electron chi connectivity index (χ0n) is 13.2. The molecule has 0 radical (unpaired) electrons. The molecule has 5 heteroatoms. The molecule has 0 fully saturated rings. The van der Waals surface area contributed by atoms with Crippen LogP contribution < -0.4 is 11.1 Å². The molecule has 122 valence electrons. The SMILES string of the molecule is CCS(=O)(=O)c1ccccc1NC1CCCc2cc(N)ccc21. The van der Waals surface area contributed by atoms with Gasteiger partial charge in [-0.25, -0.2) is 8.42 Å². The fourth-order valence-corrected chi connectivity index (χ4v) is 4.24. The molecular weight excluding hydrogens is 308 g/mol. The summed E-state index contributed by atoms with van der Waals surface area (Å²) < 4.78 is 24.6. The molecule has 1 unspecified atom stereocenters. The number of nitrogens with one attached hydrogen (secondary N) is 1. The van der Waals surface area contributed by atoms with E-state index < -0.39 is 9.84 Å². The number of fused-ring (bicyclic) bond motifs is 1. The topological polar surface area (TPSA) is 72.2 Å². The molecule has 0 heterocycles. The molecule has 0 bridgehead atoms. The van der Waals surface area contributed by atoms with Crippen LogP contribution in [0.2, 0.25) is 0 Å². The van der Waals surface area contributed by atoms with Crippen molar-refractivity contribution < 1.29 is 8.42 Å². The van der Waals surface area contributed by atoms with Crippen LogP contribution in [0.5, 0.6) is 0 Å². The molecule has 1 aliphatic rings. The number of hydrogen-bond acceptors (Lipinski definition) is 4. The third-order valence-electron chi connectivity index (χ3n) is 4.41. The second-order valence-corrected chi connectivity index (χ2v) is 8.19. The summed E-state index contributed by atoms with van der Waals surface area (Å²) in [6.45, 7) is 1.67. The Balaban J connectivity index is 1.96. The molecule has 3 rings (SSSR count). The van der Waals surface area contributed by atoms with E-state index in [4.69, 9.17) is 5.73 Å². The van der Waals surface area contributed by atoms with Gasteiger partial charge >= 0.3 is 0 Å². The minimum absolute atomic E-state index is 0.101. The van der Waals surface area contributed by atoms with Crippen molar-refractivity contribution in [3.63, 3.8) is 0 Å². The first-order valence-electron chi connectivity index (χ1n) is 7.98. The van der Waals surface area contributed by atoms with Crippen LogP contribution in [0.4, 0.5) is 11.4 Å². The summed E-state index contributed by atoms with van der Waals surface area (Å²) in [5, 5.41) is 3.45. The Bertz CT molecular complexity index is 816. The summed E-state index contributed by atoms with van der Waals surface area (Å²) in [4.78, 5) is 0.380. The Morgan fingerprint density at radius 1 is 1.22 bits per heavy atom. The van der Waals surface area contributed by atoms with Gasteiger partial charge in [0.05, 0.1) is 22.4 Å². The minimum Gasteiger partial charge on any atom is -0.399 e. The van der Waals surface area contributed by atoms with Crippen molar-refractivity contribution in [1.29, 1.82) is 0 Å². The first-order chi connectivity index (χ1) is 11.0. The smallest absolute Gasteiger partial charge is 0.180 e. The van der Waals surface area contributed by atoms with E-state index in [-0.39, 0.29) is 11.8 Å². The molecule has 4 nitrogen and oxygen atoms in total. The van der Waals surface area contributed by atoms with E-state index in [1.165, 1.54) is 11.1 Å². The number of sulfone groups is 1. The van der Waals surface area contributed by atoms with Crippen molar-refractivity contribution in [2.45, 2.75) is 37.1 Å². The fourth-order valence-electron chi connectivity index (χ4n) is 3.18. The Morgan fingerprint density at radius 2 is 2.00 bits per heavy atom. The van der Waals surface area contributed by atoms with Crippen molar-refractivity contribution in [3.8, 4) is 0 Å². The van der Waals surface area contributed by atoms with Gasteiger partial charge in [-0.05, 0) is 54.7 Å². The summed E-state index contributed by atoms with van der Waals surface area (Å²) in [6, 6.07) is 13.3. The number of hydrogen-bond donors (Lipinski definition) is 2. The summed E-state index contributed by atoms with van der Waals surface area (Å²) in [6.07, 6.45) is 3.07. The third kappa shape index (κ3) is 3.20. The van der Waals surface area contributed by atoms with Gasteiger partial charge in [-0.1, -0.05) is 25.1 Å². The lowest BCUT2D eigenvalue weighted by molar-refractivity contribution is 0.592. The van der Waals surface area contributed by atoms with Crippen LogP contribution in [0, 0.1) is 0 Å². The molecule has 0 amide bonds. The van der Waals surface area contributed by atoms with E-state index >= 15 is 0 Å². The standard InChI is InChI=1S/C18H22N2O2S/c1-2-23(21,22)18-9-4-3-7-17(18)20-16-8-5-6-13-12-14(19)10-11-15(13)16/h3-4,7,9-12,16,20H,2,5-6,8,19H2,1H3. The molecule has 0 aliphatic heterocycles. The van der Waals surface area contributed by atoms with Gasteiger partial charge in [0, 0.05) is 5.69 Å². The Labute approximate surface area is 137 Å². The largest absolute Gasteiger partial charge is 0.399 e. The van der Waals surface area contributed by atoms with Crippen LogP contribution in [-0.2, 0) is 16.3 Å². The average molecular weight is 330 g/mol. The van der Waals surface area contributed by atoms with Gasteiger partial charge in [-0.3, -0.25) is 0 Å². The van der Waals surface area contributed by atoms with Crippen molar-refractivity contribution >= 4 is 21.2 Å². The maximum Gasteiger partial charge on any atom is 0.180 e. The highest BCUT2D eigenvalue weighted by molar-refractivity contribution is 7.91. The predicted molar refractivity (Wildman–Crippen MR) is 94.3 cm³/mol. The fraction of sp³-hybridized carbons (Fsp3) is 0.333. The van der Waals surface area contributed by atoms with Crippen molar-refractivity contribution in [2.24, 2.45) is 0 Å². The van der Waals surface area contributed by atoms with E-state index in [1.54, 1.807) is 19.1 Å². The summed E-state index contributed by atoms with van der Waals surface area (Å²) >= 11 is 0. The zero-order chi connectivity index (χ0) is 16.4. The van der Waals surface area contributed by atoms with Crippen LogP contribution in [0.1, 0.15) is 36.9 Å². The molecule has 1 atom stereocenters. The van der Waals surface area contributed by atoms with Gasteiger partial charge in [0.1, 0.15) is 0 Å². The van der Waals surface area contributed by atoms with Gasteiger partial charge in [0.15, 0.2) is 9.84 Å². The van der Waals surface area contributed by atoms with E-state index in [2.05, 4.69) is 11.4 Å². The maximum atomic E-state index is 12.3. The summed E-state index contributed by atoms with van der Waals surface area (Å²) in [5.74, 6) is 0.101. The Morgan fingerprint density at radius 3 is 2.78 bits per heavy atom. The molecule has 0 spiro atoms. The second kappa shape index (κ2) is 6.24. The molecule has 2 aromatic rings. The number of nitrogen functional groups attached to an aromatic ring is 1. The molecule has 0 saturated carbocycles. The average Bonchev–Trinajstić information content (AvgIpc) is 2.55. The molecule has 0 saturated heterocycles. The molecule has 2 aromatic carbocycles. The second-order valence-electron chi connectivity index (χ2n) is 5.95. The normalized spacial score (nSPS) is 17.5. The first kappa shape index (κ1) is 15.9. The number of para-hydroxylation sites is 1. The molecule has 1 aliphatic carbocycles. The third-order valence-corrected chi connectivity index (χ3v) is 6.20. The van der Waals surface area contributed by atoms with Crippen LogP contribution in [0.3, 0.4) is 0 Å². The lowest BCUT2D eigenvalue weighted by Gasteiger charge is -2.28. The number of rotatable bonds is 4. The summed E-state index contributed by atoms with van der Waals surface area (Å²) in [5.41, 5.74) is 9.81. The number of anilines is 2. The van der Waals surface area contributed by atoms with Crippen LogP contribution >= 0.6 is 0 Å². The van der Waals surface area contributed by atoms with Crippen molar-refractivity contribution in [3.05, 3.63) is 53.6 Å².